The van der Waals surface area contributed by atoms with E-state index < -0.39 is 0 Å². The Balaban J connectivity index is 2.18. The van der Waals surface area contributed by atoms with Gasteiger partial charge in [-0.3, -0.25) is 0 Å². The van der Waals surface area contributed by atoms with E-state index in [1.54, 1.807) is 21.3 Å². The maximum atomic E-state index is 5.60. The smallest absolute Gasteiger partial charge is 0.124 e. The summed E-state index contributed by atoms with van der Waals surface area (Å²) in [7, 11) is 5.11. The third-order valence-corrected chi connectivity index (χ3v) is 4.18. The van der Waals surface area contributed by atoms with Gasteiger partial charge in [-0.25, -0.2) is 0 Å². The Morgan fingerprint density at radius 1 is 0.864 bits per heavy atom. The lowest BCUT2D eigenvalue weighted by Gasteiger charge is -2.31. The van der Waals surface area contributed by atoms with E-state index in [9.17, 15) is 0 Å². The molecule has 0 amide bonds. The molecule has 1 aliphatic rings. The van der Waals surface area contributed by atoms with Gasteiger partial charge < -0.3 is 19.5 Å². The summed E-state index contributed by atoms with van der Waals surface area (Å²) < 4.78 is 16.7. The van der Waals surface area contributed by atoms with Gasteiger partial charge in [0, 0.05) is 23.2 Å². The lowest BCUT2D eigenvalue weighted by atomic mass is 9.88. The summed E-state index contributed by atoms with van der Waals surface area (Å²) in [5.41, 5.74) is 3.45. The predicted octanol–water partition coefficient (Wildman–Crippen LogP) is 2.95. The first kappa shape index (κ1) is 14.7. The summed E-state index contributed by atoms with van der Waals surface area (Å²) in [6.45, 7) is 0.888. The monoisotopic (exact) mass is 299 g/mol. The summed E-state index contributed by atoms with van der Waals surface area (Å²) in [5.74, 6) is 2.66. The molecule has 1 atom stereocenters. The van der Waals surface area contributed by atoms with E-state index in [1.165, 1.54) is 5.56 Å². The number of rotatable bonds is 4. The van der Waals surface area contributed by atoms with Crippen LogP contribution in [0.4, 0.5) is 0 Å². The molecule has 0 bridgehead atoms. The van der Waals surface area contributed by atoms with Crippen molar-refractivity contribution in [3.8, 4) is 17.2 Å². The molecule has 1 aliphatic heterocycles. The number of benzene rings is 2. The first-order valence-electron chi connectivity index (χ1n) is 7.40. The van der Waals surface area contributed by atoms with Crippen molar-refractivity contribution in [3.63, 3.8) is 0 Å². The van der Waals surface area contributed by atoms with E-state index in [4.69, 9.17) is 14.2 Å². The van der Waals surface area contributed by atoms with Gasteiger partial charge in [-0.1, -0.05) is 18.2 Å². The van der Waals surface area contributed by atoms with Crippen molar-refractivity contribution in [2.24, 2.45) is 0 Å². The minimum Gasteiger partial charge on any atom is -0.496 e. The third-order valence-electron chi connectivity index (χ3n) is 4.18. The van der Waals surface area contributed by atoms with Crippen LogP contribution in [0.3, 0.4) is 0 Å². The van der Waals surface area contributed by atoms with Crippen LogP contribution in [-0.4, -0.2) is 27.9 Å². The fourth-order valence-corrected chi connectivity index (χ4v) is 3.18. The molecule has 0 saturated carbocycles. The zero-order valence-corrected chi connectivity index (χ0v) is 13.2. The van der Waals surface area contributed by atoms with E-state index in [-0.39, 0.29) is 6.04 Å². The molecule has 1 heterocycles. The van der Waals surface area contributed by atoms with Crippen LogP contribution >= 0.6 is 0 Å². The zero-order chi connectivity index (χ0) is 15.5. The SMILES string of the molecule is COc1ccccc1C1NCCc2c(OC)ccc(OC)c21. The quantitative estimate of drug-likeness (QED) is 0.942. The highest BCUT2D eigenvalue weighted by atomic mass is 16.5. The zero-order valence-electron chi connectivity index (χ0n) is 13.2. The summed E-state index contributed by atoms with van der Waals surface area (Å²) in [6.07, 6.45) is 0.918. The molecule has 0 radical (unpaired) electrons. The molecule has 4 heteroatoms. The Hall–Kier alpha value is -2.20. The Kier molecular flexibility index (Phi) is 4.20. The summed E-state index contributed by atoms with van der Waals surface area (Å²) in [6, 6.07) is 12.1. The fraction of sp³-hybridized carbons (Fsp3) is 0.333. The molecule has 116 valence electrons. The van der Waals surface area contributed by atoms with E-state index in [0.29, 0.717) is 0 Å². The topological polar surface area (TPSA) is 39.7 Å². The molecule has 1 N–H and O–H groups in total. The molecule has 3 rings (SSSR count). The second kappa shape index (κ2) is 6.28. The van der Waals surface area contributed by atoms with Crippen LogP contribution in [0.5, 0.6) is 17.2 Å². The number of hydrogen-bond acceptors (Lipinski definition) is 4. The lowest BCUT2D eigenvalue weighted by Crippen LogP contribution is -2.31. The largest absolute Gasteiger partial charge is 0.496 e. The Morgan fingerprint density at radius 3 is 2.27 bits per heavy atom. The van der Waals surface area contributed by atoms with Gasteiger partial charge in [0.05, 0.1) is 27.4 Å². The highest BCUT2D eigenvalue weighted by Crippen LogP contribution is 2.42. The number of nitrogens with one attached hydrogen (secondary N) is 1. The van der Waals surface area contributed by atoms with Gasteiger partial charge in [0.15, 0.2) is 0 Å². The van der Waals surface area contributed by atoms with Crippen LogP contribution in [0.15, 0.2) is 36.4 Å². The van der Waals surface area contributed by atoms with Crippen LogP contribution in [0.1, 0.15) is 22.7 Å². The van der Waals surface area contributed by atoms with Gasteiger partial charge in [-0.05, 0) is 24.6 Å². The molecule has 0 saturated heterocycles. The standard InChI is InChI=1S/C18H21NO3/c1-20-14-7-5-4-6-13(14)18-17-12(10-11-19-18)15(21-2)8-9-16(17)22-3/h4-9,18-19H,10-11H2,1-3H3. The Labute approximate surface area is 131 Å². The molecule has 0 aliphatic carbocycles. The maximum absolute atomic E-state index is 5.60. The number of fused-ring (bicyclic) bond motifs is 1. The molecule has 0 fully saturated rings. The van der Waals surface area contributed by atoms with Crippen LogP contribution in [0.25, 0.3) is 0 Å². The van der Waals surface area contributed by atoms with Crippen molar-refractivity contribution < 1.29 is 14.2 Å². The van der Waals surface area contributed by atoms with Crippen molar-refractivity contribution in [1.82, 2.24) is 5.32 Å². The van der Waals surface area contributed by atoms with Crippen LogP contribution in [0.2, 0.25) is 0 Å². The van der Waals surface area contributed by atoms with Crippen molar-refractivity contribution in [2.45, 2.75) is 12.5 Å². The van der Waals surface area contributed by atoms with Crippen molar-refractivity contribution in [3.05, 3.63) is 53.1 Å². The molecule has 0 aromatic heterocycles. The minimum absolute atomic E-state index is 0.0324. The average molecular weight is 299 g/mol. The van der Waals surface area contributed by atoms with E-state index in [2.05, 4.69) is 11.4 Å². The lowest BCUT2D eigenvalue weighted by molar-refractivity contribution is 0.376. The summed E-state index contributed by atoms with van der Waals surface area (Å²) >= 11 is 0. The number of ether oxygens (including phenoxy) is 3. The highest BCUT2D eigenvalue weighted by Gasteiger charge is 2.29. The van der Waals surface area contributed by atoms with Gasteiger partial charge in [0.1, 0.15) is 17.2 Å². The highest BCUT2D eigenvalue weighted by molar-refractivity contribution is 5.56. The predicted molar refractivity (Wildman–Crippen MR) is 86.1 cm³/mol. The Morgan fingerprint density at radius 2 is 1.55 bits per heavy atom. The molecule has 4 nitrogen and oxygen atoms in total. The molecule has 0 spiro atoms. The van der Waals surface area contributed by atoms with E-state index >= 15 is 0 Å². The van der Waals surface area contributed by atoms with Crippen LogP contribution in [0, 0.1) is 0 Å². The first-order chi connectivity index (χ1) is 10.8. The summed E-state index contributed by atoms with van der Waals surface area (Å²) in [4.78, 5) is 0. The average Bonchev–Trinajstić information content (AvgIpc) is 2.60. The minimum atomic E-state index is 0.0324. The van der Waals surface area contributed by atoms with Gasteiger partial charge in [-0.2, -0.15) is 0 Å². The normalized spacial score (nSPS) is 16.8. The first-order valence-corrected chi connectivity index (χ1v) is 7.40. The fourth-order valence-electron chi connectivity index (χ4n) is 3.18. The van der Waals surface area contributed by atoms with Crippen LogP contribution < -0.4 is 19.5 Å². The van der Waals surface area contributed by atoms with Gasteiger partial charge in [0.2, 0.25) is 0 Å². The van der Waals surface area contributed by atoms with E-state index in [1.807, 2.05) is 30.3 Å². The molecular weight excluding hydrogens is 278 g/mol. The molecule has 2 aromatic carbocycles. The van der Waals surface area contributed by atoms with Gasteiger partial charge in [0.25, 0.3) is 0 Å². The van der Waals surface area contributed by atoms with Crippen molar-refractivity contribution in [2.75, 3.05) is 27.9 Å². The summed E-state index contributed by atoms with van der Waals surface area (Å²) in [5, 5.41) is 3.58. The Bertz CT molecular complexity index is 669. The number of methoxy groups -OCH3 is 3. The molecular formula is C18H21NO3. The number of para-hydroxylation sites is 1. The van der Waals surface area contributed by atoms with Crippen molar-refractivity contribution in [1.29, 1.82) is 0 Å². The second-order valence-corrected chi connectivity index (χ2v) is 5.24. The number of hydrogen-bond donors (Lipinski definition) is 1. The van der Waals surface area contributed by atoms with Gasteiger partial charge >= 0.3 is 0 Å². The maximum Gasteiger partial charge on any atom is 0.124 e. The van der Waals surface area contributed by atoms with Crippen LogP contribution in [-0.2, 0) is 6.42 Å². The molecule has 2 aromatic rings. The van der Waals surface area contributed by atoms with E-state index in [0.717, 1.165) is 41.3 Å². The second-order valence-electron chi connectivity index (χ2n) is 5.24. The molecule has 1 unspecified atom stereocenters. The third kappa shape index (κ3) is 2.40. The molecule has 22 heavy (non-hydrogen) atoms. The van der Waals surface area contributed by atoms with Crippen molar-refractivity contribution >= 4 is 0 Å². The van der Waals surface area contributed by atoms with Gasteiger partial charge in [-0.15, -0.1) is 0 Å².